The van der Waals surface area contributed by atoms with Crippen molar-refractivity contribution in [2.45, 2.75) is 58.4 Å². The fraction of sp³-hybridized carbons (Fsp3) is 0.917. The SMILES string of the molecule is CCCCN=C(NCC)NC1CCCC1. The maximum absolute atomic E-state index is 4.56. The molecule has 3 nitrogen and oxygen atoms in total. The van der Waals surface area contributed by atoms with Crippen molar-refractivity contribution in [1.29, 1.82) is 0 Å². The van der Waals surface area contributed by atoms with Gasteiger partial charge < -0.3 is 10.6 Å². The van der Waals surface area contributed by atoms with Crippen LogP contribution in [0.15, 0.2) is 4.99 Å². The van der Waals surface area contributed by atoms with E-state index in [1.165, 1.54) is 38.5 Å². The van der Waals surface area contributed by atoms with E-state index in [-0.39, 0.29) is 0 Å². The molecule has 0 aromatic carbocycles. The zero-order valence-electron chi connectivity index (χ0n) is 10.2. The lowest BCUT2D eigenvalue weighted by Crippen LogP contribution is -2.42. The molecule has 2 N–H and O–H groups in total. The van der Waals surface area contributed by atoms with Crippen LogP contribution in [0.1, 0.15) is 52.4 Å². The van der Waals surface area contributed by atoms with Crippen molar-refractivity contribution in [3.05, 3.63) is 0 Å². The summed E-state index contributed by atoms with van der Waals surface area (Å²) in [7, 11) is 0. The topological polar surface area (TPSA) is 36.4 Å². The van der Waals surface area contributed by atoms with Crippen LogP contribution in [-0.4, -0.2) is 25.1 Å². The van der Waals surface area contributed by atoms with Gasteiger partial charge in [0, 0.05) is 19.1 Å². The first-order valence-corrected chi connectivity index (χ1v) is 6.41. The van der Waals surface area contributed by atoms with Crippen molar-refractivity contribution in [2.24, 2.45) is 4.99 Å². The molecule has 1 aliphatic carbocycles. The van der Waals surface area contributed by atoms with Crippen LogP contribution < -0.4 is 10.6 Å². The van der Waals surface area contributed by atoms with Crippen molar-refractivity contribution < 1.29 is 0 Å². The summed E-state index contributed by atoms with van der Waals surface area (Å²) in [6.07, 6.45) is 7.74. The third kappa shape index (κ3) is 5.05. The molecule has 0 saturated heterocycles. The van der Waals surface area contributed by atoms with E-state index in [1.54, 1.807) is 0 Å². The Morgan fingerprint density at radius 2 is 2.00 bits per heavy atom. The molecule has 15 heavy (non-hydrogen) atoms. The Hall–Kier alpha value is -0.730. The fourth-order valence-electron chi connectivity index (χ4n) is 1.93. The van der Waals surface area contributed by atoms with Gasteiger partial charge in [0.25, 0.3) is 0 Å². The molecule has 0 heterocycles. The molecule has 0 bridgehead atoms. The number of rotatable bonds is 5. The highest BCUT2D eigenvalue weighted by atomic mass is 15.2. The molecule has 1 fully saturated rings. The monoisotopic (exact) mass is 211 g/mol. The van der Waals surface area contributed by atoms with E-state index in [9.17, 15) is 0 Å². The zero-order chi connectivity index (χ0) is 10.9. The van der Waals surface area contributed by atoms with E-state index in [2.05, 4.69) is 29.5 Å². The second-order valence-corrected chi connectivity index (χ2v) is 4.24. The van der Waals surface area contributed by atoms with Crippen LogP contribution in [0.5, 0.6) is 0 Å². The molecule has 0 spiro atoms. The predicted molar refractivity (Wildman–Crippen MR) is 66.3 cm³/mol. The molecule has 88 valence electrons. The van der Waals surface area contributed by atoms with Gasteiger partial charge in [0.2, 0.25) is 0 Å². The Labute approximate surface area is 93.7 Å². The predicted octanol–water partition coefficient (Wildman–Crippen LogP) is 2.28. The molecule has 0 atom stereocenters. The van der Waals surface area contributed by atoms with E-state index in [0.29, 0.717) is 6.04 Å². The van der Waals surface area contributed by atoms with Gasteiger partial charge in [-0.1, -0.05) is 26.2 Å². The lowest BCUT2D eigenvalue weighted by atomic mass is 10.2. The Morgan fingerprint density at radius 1 is 1.27 bits per heavy atom. The largest absolute Gasteiger partial charge is 0.357 e. The molecule has 0 unspecified atom stereocenters. The van der Waals surface area contributed by atoms with E-state index in [0.717, 1.165) is 19.0 Å². The van der Waals surface area contributed by atoms with Gasteiger partial charge in [-0.25, -0.2) is 0 Å². The van der Waals surface area contributed by atoms with Gasteiger partial charge in [0.05, 0.1) is 0 Å². The summed E-state index contributed by atoms with van der Waals surface area (Å²) in [5, 5.41) is 6.82. The highest BCUT2D eigenvalue weighted by Gasteiger charge is 2.15. The number of nitrogens with one attached hydrogen (secondary N) is 2. The van der Waals surface area contributed by atoms with Gasteiger partial charge in [0.15, 0.2) is 5.96 Å². The fourth-order valence-corrected chi connectivity index (χ4v) is 1.93. The summed E-state index contributed by atoms with van der Waals surface area (Å²) in [5.74, 6) is 1.01. The average Bonchev–Trinajstić information content (AvgIpc) is 2.71. The average molecular weight is 211 g/mol. The summed E-state index contributed by atoms with van der Waals surface area (Å²) in [6, 6.07) is 0.657. The summed E-state index contributed by atoms with van der Waals surface area (Å²) >= 11 is 0. The van der Waals surface area contributed by atoms with Gasteiger partial charge in [-0.15, -0.1) is 0 Å². The molecule has 0 aliphatic heterocycles. The van der Waals surface area contributed by atoms with Crippen molar-refractivity contribution in [3.8, 4) is 0 Å². The molecule has 0 aromatic rings. The van der Waals surface area contributed by atoms with Crippen LogP contribution in [0.4, 0.5) is 0 Å². The van der Waals surface area contributed by atoms with E-state index in [4.69, 9.17) is 0 Å². The van der Waals surface area contributed by atoms with Gasteiger partial charge in [0.1, 0.15) is 0 Å². The van der Waals surface area contributed by atoms with E-state index >= 15 is 0 Å². The lowest BCUT2D eigenvalue weighted by Gasteiger charge is -2.16. The van der Waals surface area contributed by atoms with Crippen molar-refractivity contribution >= 4 is 5.96 Å². The Kier molecular flexibility index (Phi) is 6.21. The van der Waals surface area contributed by atoms with Crippen LogP contribution >= 0.6 is 0 Å². The minimum atomic E-state index is 0.657. The highest BCUT2D eigenvalue weighted by Crippen LogP contribution is 2.17. The number of hydrogen-bond acceptors (Lipinski definition) is 1. The van der Waals surface area contributed by atoms with Gasteiger partial charge >= 0.3 is 0 Å². The van der Waals surface area contributed by atoms with E-state index < -0.39 is 0 Å². The second-order valence-electron chi connectivity index (χ2n) is 4.24. The Morgan fingerprint density at radius 3 is 2.60 bits per heavy atom. The Bertz CT molecular complexity index is 183. The summed E-state index contributed by atoms with van der Waals surface area (Å²) in [4.78, 5) is 4.56. The number of hydrogen-bond donors (Lipinski definition) is 2. The molecular weight excluding hydrogens is 186 g/mol. The molecule has 0 amide bonds. The summed E-state index contributed by atoms with van der Waals surface area (Å²) in [5.41, 5.74) is 0. The summed E-state index contributed by atoms with van der Waals surface area (Å²) in [6.45, 7) is 6.21. The molecule has 1 saturated carbocycles. The maximum Gasteiger partial charge on any atom is 0.191 e. The second kappa shape index (κ2) is 7.55. The van der Waals surface area contributed by atoms with Crippen LogP contribution in [0.3, 0.4) is 0 Å². The smallest absolute Gasteiger partial charge is 0.191 e. The Balaban J connectivity index is 2.30. The number of guanidine groups is 1. The van der Waals surface area contributed by atoms with Gasteiger partial charge in [-0.3, -0.25) is 4.99 Å². The first-order valence-electron chi connectivity index (χ1n) is 6.41. The standard InChI is InChI=1S/C12H25N3/c1-3-5-10-14-12(13-4-2)15-11-8-6-7-9-11/h11H,3-10H2,1-2H3,(H2,13,14,15). The minimum Gasteiger partial charge on any atom is -0.357 e. The number of nitrogens with zero attached hydrogens (tertiary/aromatic N) is 1. The van der Waals surface area contributed by atoms with Crippen molar-refractivity contribution in [1.82, 2.24) is 10.6 Å². The quantitative estimate of drug-likeness (QED) is 0.416. The number of unbranched alkanes of at least 4 members (excludes halogenated alkanes) is 1. The number of aliphatic imine (C=N–C) groups is 1. The molecule has 1 rings (SSSR count). The minimum absolute atomic E-state index is 0.657. The maximum atomic E-state index is 4.56. The van der Waals surface area contributed by atoms with Crippen LogP contribution in [0.25, 0.3) is 0 Å². The molecular formula is C12H25N3. The molecule has 3 heteroatoms. The zero-order valence-corrected chi connectivity index (χ0v) is 10.2. The lowest BCUT2D eigenvalue weighted by molar-refractivity contribution is 0.612. The third-order valence-electron chi connectivity index (χ3n) is 2.82. The van der Waals surface area contributed by atoms with Gasteiger partial charge in [-0.05, 0) is 26.2 Å². The van der Waals surface area contributed by atoms with Crippen LogP contribution in [0.2, 0.25) is 0 Å². The highest BCUT2D eigenvalue weighted by molar-refractivity contribution is 5.80. The van der Waals surface area contributed by atoms with E-state index in [1.807, 2.05) is 0 Å². The van der Waals surface area contributed by atoms with Crippen molar-refractivity contribution in [2.75, 3.05) is 13.1 Å². The molecule has 1 aliphatic rings. The summed E-state index contributed by atoms with van der Waals surface area (Å²) < 4.78 is 0. The third-order valence-corrected chi connectivity index (χ3v) is 2.82. The van der Waals surface area contributed by atoms with Crippen LogP contribution in [-0.2, 0) is 0 Å². The van der Waals surface area contributed by atoms with Crippen molar-refractivity contribution in [3.63, 3.8) is 0 Å². The normalized spacial score (nSPS) is 18.1. The van der Waals surface area contributed by atoms with Crippen LogP contribution in [0, 0.1) is 0 Å². The molecule has 0 aromatic heterocycles. The first kappa shape index (κ1) is 12.3. The first-order chi connectivity index (χ1) is 7.36. The molecule has 0 radical (unpaired) electrons. The van der Waals surface area contributed by atoms with Gasteiger partial charge in [-0.2, -0.15) is 0 Å².